The van der Waals surface area contributed by atoms with Gasteiger partial charge in [-0.1, -0.05) is 6.92 Å². The van der Waals surface area contributed by atoms with Crippen LogP contribution in [0.1, 0.15) is 41.1 Å². The number of carbonyl (C=O) groups is 3. The molecule has 1 heterocycles. The number of ether oxygens (including phenoxy) is 1. The highest BCUT2D eigenvalue weighted by atomic mass is 32.1. The highest BCUT2D eigenvalue weighted by Gasteiger charge is 2.29. The number of rotatable bonds is 7. The maximum atomic E-state index is 12.4. The lowest BCUT2D eigenvalue weighted by atomic mass is 9.88. The number of hydrogen-bond acceptors (Lipinski definition) is 6. The summed E-state index contributed by atoms with van der Waals surface area (Å²) in [5.41, 5.74) is 1.50. The Balaban J connectivity index is 2.12. The Morgan fingerprint density at radius 1 is 1.24 bits per heavy atom. The van der Waals surface area contributed by atoms with Gasteiger partial charge in [-0.15, -0.1) is 11.3 Å². The van der Waals surface area contributed by atoms with Crippen LogP contribution in [-0.4, -0.2) is 44.5 Å². The molecule has 2 rings (SSSR count). The molecule has 0 aliphatic heterocycles. The average Bonchev–Trinajstić information content (AvgIpc) is 2.91. The van der Waals surface area contributed by atoms with Crippen molar-refractivity contribution in [3.63, 3.8) is 0 Å². The zero-order valence-electron chi connectivity index (χ0n) is 14.9. The van der Waals surface area contributed by atoms with Crippen molar-refractivity contribution < 1.29 is 19.1 Å². The lowest BCUT2D eigenvalue weighted by Crippen LogP contribution is -2.36. The van der Waals surface area contributed by atoms with Gasteiger partial charge in [0.2, 0.25) is 11.8 Å². The maximum Gasteiger partial charge on any atom is 0.341 e. The molecule has 8 heteroatoms. The van der Waals surface area contributed by atoms with E-state index < -0.39 is 0 Å². The molecule has 1 aromatic rings. The zero-order chi connectivity index (χ0) is 18.4. The van der Waals surface area contributed by atoms with Crippen LogP contribution >= 0.6 is 11.3 Å². The molecule has 0 spiro atoms. The molecular formula is C17H25N3O4S. The van der Waals surface area contributed by atoms with E-state index in [1.54, 1.807) is 6.92 Å². The summed E-state index contributed by atoms with van der Waals surface area (Å²) < 4.78 is 5.18. The van der Waals surface area contributed by atoms with E-state index in [9.17, 15) is 14.4 Å². The van der Waals surface area contributed by atoms with Crippen LogP contribution in [0.15, 0.2) is 0 Å². The van der Waals surface area contributed by atoms with Crippen molar-refractivity contribution in [2.75, 3.05) is 32.1 Å². The minimum atomic E-state index is -0.386. The standard InChI is InChI=1S/C17H25N3O4S/c1-4-24-17(23)15-11-6-5-10(2)7-12(11)25-16(15)20-14(22)9-19-8-13(21)18-3/h10,19H,4-9H2,1-3H3,(H,18,21)(H,20,22)/t10-/m1/s1. The van der Waals surface area contributed by atoms with Gasteiger partial charge in [-0.05, 0) is 37.7 Å². The van der Waals surface area contributed by atoms with Crippen LogP contribution in [0, 0.1) is 5.92 Å². The Morgan fingerprint density at radius 3 is 2.64 bits per heavy atom. The van der Waals surface area contributed by atoms with Crippen LogP contribution in [0.25, 0.3) is 0 Å². The first-order valence-corrected chi connectivity index (χ1v) is 9.30. The van der Waals surface area contributed by atoms with Gasteiger partial charge in [0.1, 0.15) is 5.00 Å². The lowest BCUT2D eigenvalue weighted by molar-refractivity contribution is -0.120. The molecule has 3 N–H and O–H groups in total. The highest BCUT2D eigenvalue weighted by Crippen LogP contribution is 2.40. The summed E-state index contributed by atoms with van der Waals surface area (Å²) in [6.07, 6.45) is 2.76. The molecule has 0 saturated heterocycles. The van der Waals surface area contributed by atoms with Gasteiger partial charge in [-0.25, -0.2) is 4.79 Å². The van der Waals surface area contributed by atoms with Gasteiger partial charge in [-0.3, -0.25) is 14.9 Å². The van der Waals surface area contributed by atoms with E-state index in [0.717, 1.165) is 29.7 Å². The quantitative estimate of drug-likeness (QED) is 0.632. The Labute approximate surface area is 151 Å². The lowest BCUT2D eigenvalue weighted by Gasteiger charge is -2.18. The van der Waals surface area contributed by atoms with Crippen molar-refractivity contribution in [3.05, 3.63) is 16.0 Å². The van der Waals surface area contributed by atoms with Gasteiger partial charge in [-0.2, -0.15) is 0 Å². The fraction of sp³-hybridized carbons (Fsp3) is 0.588. The summed E-state index contributed by atoms with van der Waals surface area (Å²) in [6, 6.07) is 0. The van der Waals surface area contributed by atoms with Gasteiger partial charge in [0.05, 0.1) is 25.3 Å². The summed E-state index contributed by atoms with van der Waals surface area (Å²) in [5, 5.41) is 8.58. The third kappa shape index (κ3) is 5.02. The van der Waals surface area contributed by atoms with Crippen LogP contribution < -0.4 is 16.0 Å². The van der Waals surface area contributed by atoms with Gasteiger partial charge in [0.15, 0.2) is 0 Å². The van der Waals surface area contributed by atoms with E-state index in [2.05, 4.69) is 22.9 Å². The summed E-state index contributed by atoms with van der Waals surface area (Å²) in [5.74, 6) is -0.302. The summed E-state index contributed by atoms with van der Waals surface area (Å²) in [6.45, 7) is 4.30. The third-order valence-corrected chi connectivity index (χ3v) is 5.26. The topological polar surface area (TPSA) is 96.5 Å². The van der Waals surface area contributed by atoms with Gasteiger partial charge < -0.3 is 15.4 Å². The van der Waals surface area contributed by atoms with E-state index in [4.69, 9.17) is 4.74 Å². The summed E-state index contributed by atoms with van der Waals surface area (Å²) in [4.78, 5) is 36.8. The van der Waals surface area contributed by atoms with E-state index in [1.165, 1.54) is 18.4 Å². The SMILES string of the molecule is CCOC(=O)c1c(NC(=O)CNCC(=O)NC)sc2c1CC[C@@H](C)C2. The molecule has 0 unspecified atom stereocenters. The molecule has 138 valence electrons. The predicted molar refractivity (Wildman–Crippen MR) is 97.0 cm³/mol. The molecule has 1 aliphatic carbocycles. The van der Waals surface area contributed by atoms with Gasteiger partial charge in [0.25, 0.3) is 0 Å². The van der Waals surface area contributed by atoms with Crippen molar-refractivity contribution in [2.24, 2.45) is 5.92 Å². The number of esters is 1. The van der Waals surface area contributed by atoms with Crippen LogP contribution in [0.4, 0.5) is 5.00 Å². The molecule has 2 amide bonds. The van der Waals surface area contributed by atoms with Crippen molar-refractivity contribution in [3.8, 4) is 0 Å². The third-order valence-electron chi connectivity index (χ3n) is 4.09. The van der Waals surface area contributed by atoms with E-state index in [1.807, 2.05) is 0 Å². The van der Waals surface area contributed by atoms with Crippen molar-refractivity contribution in [1.82, 2.24) is 10.6 Å². The van der Waals surface area contributed by atoms with E-state index >= 15 is 0 Å². The van der Waals surface area contributed by atoms with Crippen molar-refractivity contribution in [1.29, 1.82) is 0 Å². The van der Waals surface area contributed by atoms with E-state index in [0.29, 0.717) is 23.1 Å². The van der Waals surface area contributed by atoms with Gasteiger partial charge >= 0.3 is 5.97 Å². The van der Waals surface area contributed by atoms with Crippen LogP contribution in [0.2, 0.25) is 0 Å². The first-order chi connectivity index (χ1) is 12.0. The molecular weight excluding hydrogens is 342 g/mol. The second-order valence-corrected chi connectivity index (χ2v) is 7.21. The van der Waals surface area contributed by atoms with Crippen LogP contribution in [-0.2, 0) is 27.2 Å². The number of thiophene rings is 1. The second-order valence-electron chi connectivity index (χ2n) is 6.10. The number of carbonyl (C=O) groups excluding carboxylic acids is 3. The second kappa shape index (κ2) is 8.96. The fourth-order valence-corrected chi connectivity index (χ4v) is 4.22. The fourth-order valence-electron chi connectivity index (χ4n) is 2.81. The Hall–Kier alpha value is -1.93. The molecule has 0 saturated carbocycles. The Morgan fingerprint density at radius 2 is 1.96 bits per heavy atom. The average molecular weight is 367 g/mol. The van der Waals surface area contributed by atoms with Crippen LogP contribution in [0.5, 0.6) is 0 Å². The normalized spacial score (nSPS) is 16.0. The molecule has 0 bridgehead atoms. The molecule has 0 fully saturated rings. The number of hydrogen-bond donors (Lipinski definition) is 3. The first kappa shape index (κ1) is 19.4. The van der Waals surface area contributed by atoms with Gasteiger partial charge in [0, 0.05) is 11.9 Å². The number of nitrogens with one attached hydrogen (secondary N) is 3. The summed E-state index contributed by atoms with van der Waals surface area (Å²) >= 11 is 1.45. The monoisotopic (exact) mass is 367 g/mol. The molecule has 7 nitrogen and oxygen atoms in total. The minimum absolute atomic E-state index is 0.00530. The smallest absolute Gasteiger partial charge is 0.341 e. The molecule has 0 aromatic carbocycles. The molecule has 1 aliphatic rings. The number of fused-ring (bicyclic) bond motifs is 1. The first-order valence-electron chi connectivity index (χ1n) is 8.49. The molecule has 0 radical (unpaired) electrons. The minimum Gasteiger partial charge on any atom is -0.462 e. The van der Waals surface area contributed by atoms with Crippen molar-refractivity contribution in [2.45, 2.75) is 33.1 Å². The maximum absolute atomic E-state index is 12.4. The Kier molecular flexibility index (Phi) is 6.95. The molecule has 1 aromatic heterocycles. The Bertz CT molecular complexity index is 657. The molecule has 1 atom stereocenters. The largest absolute Gasteiger partial charge is 0.462 e. The number of anilines is 1. The number of amides is 2. The zero-order valence-corrected chi connectivity index (χ0v) is 15.7. The van der Waals surface area contributed by atoms with Crippen LogP contribution in [0.3, 0.4) is 0 Å². The predicted octanol–water partition coefficient (Wildman–Crippen LogP) is 1.32. The number of likely N-dealkylation sites (N-methyl/N-ethyl adjacent to an activating group) is 1. The summed E-state index contributed by atoms with van der Waals surface area (Å²) in [7, 11) is 1.53. The van der Waals surface area contributed by atoms with E-state index in [-0.39, 0.29) is 30.9 Å². The van der Waals surface area contributed by atoms with Crippen molar-refractivity contribution >= 4 is 34.1 Å². The highest BCUT2D eigenvalue weighted by molar-refractivity contribution is 7.17. The molecule has 25 heavy (non-hydrogen) atoms.